The average Bonchev–Trinajstić information content (AvgIpc) is 2.93. The average molecular weight is 399 g/mol. The third-order valence-electron chi connectivity index (χ3n) is 4.51. The highest BCUT2D eigenvalue weighted by Crippen LogP contribution is 2.29. The van der Waals surface area contributed by atoms with Crippen LogP contribution in [0.3, 0.4) is 0 Å². The van der Waals surface area contributed by atoms with Crippen LogP contribution in [0.2, 0.25) is 5.02 Å². The smallest absolute Gasteiger partial charge is 0.338 e. The Morgan fingerprint density at radius 1 is 1.18 bits per heavy atom. The Kier molecular flexibility index (Phi) is 5.75. The molecule has 1 aromatic heterocycles. The van der Waals surface area contributed by atoms with Crippen LogP contribution in [0.4, 0.5) is 5.69 Å². The van der Waals surface area contributed by atoms with E-state index in [0.717, 1.165) is 16.5 Å². The molecule has 0 bridgehead atoms. The van der Waals surface area contributed by atoms with Gasteiger partial charge in [-0.2, -0.15) is 0 Å². The van der Waals surface area contributed by atoms with E-state index in [2.05, 4.69) is 5.32 Å². The van der Waals surface area contributed by atoms with E-state index in [1.807, 2.05) is 36.6 Å². The number of benzene rings is 2. The van der Waals surface area contributed by atoms with Gasteiger partial charge in [0.2, 0.25) is 0 Å². The fourth-order valence-electron chi connectivity index (χ4n) is 3.31. The molecule has 0 aliphatic carbocycles. The lowest BCUT2D eigenvalue weighted by Crippen LogP contribution is -2.18. The van der Waals surface area contributed by atoms with Crippen molar-refractivity contribution in [2.45, 2.75) is 40.3 Å². The Morgan fingerprint density at radius 3 is 2.61 bits per heavy atom. The summed E-state index contributed by atoms with van der Waals surface area (Å²) in [6, 6.07) is 12.4. The number of fused-ring (bicyclic) bond motifs is 1. The maximum Gasteiger partial charge on any atom is 0.338 e. The van der Waals surface area contributed by atoms with Crippen LogP contribution >= 0.6 is 11.6 Å². The molecule has 1 heterocycles. The van der Waals surface area contributed by atoms with E-state index >= 15 is 0 Å². The van der Waals surface area contributed by atoms with Gasteiger partial charge in [0, 0.05) is 28.2 Å². The van der Waals surface area contributed by atoms with E-state index in [-0.39, 0.29) is 12.0 Å². The molecule has 0 atom stereocenters. The number of nitrogens with zero attached hydrogens (tertiary/aromatic N) is 1. The number of nitrogens with one attached hydrogen (secondary N) is 1. The van der Waals surface area contributed by atoms with Gasteiger partial charge in [0.1, 0.15) is 5.69 Å². The Bertz CT molecular complexity index is 1050. The molecule has 3 rings (SSSR count). The predicted octanol–water partition coefficient (Wildman–Crippen LogP) is 5.44. The Labute approximate surface area is 169 Å². The summed E-state index contributed by atoms with van der Waals surface area (Å²) in [5, 5.41) is 4.48. The minimum absolute atomic E-state index is 0.208. The molecule has 0 saturated carbocycles. The minimum Gasteiger partial charge on any atom is -0.459 e. The van der Waals surface area contributed by atoms with Crippen molar-refractivity contribution < 1.29 is 14.3 Å². The summed E-state index contributed by atoms with van der Waals surface area (Å²) >= 11 is 6.13. The quantitative estimate of drug-likeness (QED) is 0.582. The zero-order valence-corrected chi connectivity index (χ0v) is 17.1. The van der Waals surface area contributed by atoms with E-state index in [9.17, 15) is 9.59 Å². The number of aryl methyl sites for hydroxylation is 2. The molecule has 5 nitrogen and oxygen atoms in total. The molecule has 0 aliphatic rings. The lowest BCUT2D eigenvalue weighted by molar-refractivity contribution is 0.0377. The van der Waals surface area contributed by atoms with E-state index in [4.69, 9.17) is 16.3 Å². The summed E-state index contributed by atoms with van der Waals surface area (Å²) in [5.41, 5.74) is 3.34. The predicted molar refractivity (Wildman–Crippen MR) is 112 cm³/mol. The Balaban J connectivity index is 1.94. The molecular weight excluding hydrogens is 376 g/mol. The second kappa shape index (κ2) is 8.07. The van der Waals surface area contributed by atoms with Crippen molar-refractivity contribution in [3.8, 4) is 0 Å². The Morgan fingerprint density at radius 2 is 1.93 bits per heavy atom. The van der Waals surface area contributed by atoms with Gasteiger partial charge in [0.05, 0.1) is 11.7 Å². The van der Waals surface area contributed by atoms with Crippen LogP contribution in [0.25, 0.3) is 10.9 Å². The summed E-state index contributed by atoms with van der Waals surface area (Å²) in [4.78, 5) is 25.2. The molecule has 6 heteroatoms. The highest BCUT2D eigenvalue weighted by molar-refractivity contribution is 6.31. The maximum absolute atomic E-state index is 13.0. The van der Waals surface area contributed by atoms with E-state index < -0.39 is 5.97 Å². The highest BCUT2D eigenvalue weighted by Gasteiger charge is 2.20. The number of ether oxygens (including phenoxy) is 1. The summed E-state index contributed by atoms with van der Waals surface area (Å²) in [6.07, 6.45) is -0.208. The fraction of sp³-hybridized carbons (Fsp3) is 0.273. The van der Waals surface area contributed by atoms with Gasteiger partial charge < -0.3 is 14.6 Å². The number of aromatic nitrogens is 1. The second-order valence-electron chi connectivity index (χ2n) is 6.87. The van der Waals surface area contributed by atoms with Gasteiger partial charge in [0.15, 0.2) is 0 Å². The van der Waals surface area contributed by atoms with Crippen LogP contribution in [0.15, 0.2) is 42.5 Å². The van der Waals surface area contributed by atoms with E-state index in [1.165, 1.54) is 0 Å². The van der Waals surface area contributed by atoms with Gasteiger partial charge in [0.25, 0.3) is 5.91 Å². The summed E-state index contributed by atoms with van der Waals surface area (Å²) in [7, 11) is 0. The molecule has 0 saturated heterocycles. The lowest BCUT2D eigenvalue weighted by Gasteiger charge is -2.11. The SMILES string of the molecule is CCn1c(C(=O)Nc2cccc(C(=O)OC(C)C)c2)c(C)c2cc(Cl)ccc21. The number of rotatable bonds is 5. The number of hydrogen-bond donors (Lipinski definition) is 1. The standard InChI is InChI=1S/C22H23ClN2O3/c1-5-25-19-10-9-16(23)12-18(19)14(4)20(25)21(26)24-17-8-6-7-15(11-17)22(27)28-13(2)3/h6-13H,5H2,1-4H3,(H,24,26). The van der Waals surface area contributed by atoms with Crippen molar-refractivity contribution in [1.29, 1.82) is 0 Å². The van der Waals surface area contributed by atoms with Crippen molar-refractivity contribution in [3.05, 3.63) is 64.3 Å². The van der Waals surface area contributed by atoms with Gasteiger partial charge in [-0.15, -0.1) is 0 Å². The topological polar surface area (TPSA) is 60.3 Å². The van der Waals surface area contributed by atoms with Gasteiger partial charge in [-0.05, 0) is 69.7 Å². The summed E-state index contributed by atoms with van der Waals surface area (Å²) < 4.78 is 7.18. The van der Waals surface area contributed by atoms with Crippen LogP contribution in [0, 0.1) is 6.92 Å². The number of anilines is 1. The number of carbonyl (C=O) groups is 2. The van der Waals surface area contributed by atoms with Gasteiger partial charge >= 0.3 is 5.97 Å². The van der Waals surface area contributed by atoms with Crippen LogP contribution in [-0.4, -0.2) is 22.5 Å². The number of halogens is 1. The van der Waals surface area contributed by atoms with E-state index in [1.54, 1.807) is 38.1 Å². The van der Waals surface area contributed by atoms with Crippen molar-refractivity contribution in [3.63, 3.8) is 0 Å². The first-order valence-electron chi connectivity index (χ1n) is 9.22. The molecule has 0 unspecified atom stereocenters. The Hall–Kier alpha value is -2.79. The number of amides is 1. The zero-order chi connectivity index (χ0) is 20.4. The van der Waals surface area contributed by atoms with Gasteiger partial charge in [-0.3, -0.25) is 4.79 Å². The highest BCUT2D eigenvalue weighted by atomic mass is 35.5. The van der Waals surface area contributed by atoms with Crippen LogP contribution in [-0.2, 0) is 11.3 Å². The number of carbonyl (C=O) groups excluding carboxylic acids is 2. The normalized spacial score (nSPS) is 11.1. The van der Waals surface area contributed by atoms with E-state index in [0.29, 0.717) is 28.5 Å². The molecule has 0 aliphatic heterocycles. The van der Waals surface area contributed by atoms with Crippen LogP contribution in [0.1, 0.15) is 47.2 Å². The lowest BCUT2D eigenvalue weighted by atomic mass is 10.1. The fourth-order valence-corrected chi connectivity index (χ4v) is 3.48. The van der Waals surface area contributed by atoms with Crippen molar-refractivity contribution in [2.24, 2.45) is 0 Å². The van der Waals surface area contributed by atoms with Crippen molar-refractivity contribution >= 4 is 40.1 Å². The van der Waals surface area contributed by atoms with Gasteiger partial charge in [-0.1, -0.05) is 17.7 Å². The second-order valence-corrected chi connectivity index (χ2v) is 7.30. The molecule has 0 fully saturated rings. The molecule has 0 radical (unpaired) electrons. The van der Waals surface area contributed by atoms with Crippen molar-refractivity contribution in [2.75, 3.05) is 5.32 Å². The van der Waals surface area contributed by atoms with Gasteiger partial charge in [-0.25, -0.2) is 4.79 Å². The molecule has 1 N–H and O–H groups in total. The third kappa shape index (κ3) is 3.90. The molecule has 3 aromatic rings. The maximum atomic E-state index is 13.0. The summed E-state index contributed by atoms with van der Waals surface area (Å²) in [5.74, 6) is -0.652. The molecule has 2 aromatic carbocycles. The first kappa shape index (κ1) is 20.0. The molecule has 28 heavy (non-hydrogen) atoms. The van der Waals surface area contributed by atoms with Crippen LogP contribution in [0.5, 0.6) is 0 Å². The zero-order valence-electron chi connectivity index (χ0n) is 16.4. The number of esters is 1. The first-order chi connectivity index (χ1) is 13.3. The van der Waals surface area contributed by atoms with Crippen LogP contribution < -0.4 is 5.32 Å². The third-order valence-corrected chi connectivity index (χ3v) is 4.74. The summed E-state index contributed by atoms with van der Waals surface area (Å²) in [6.45, 7) is 8.14. The molecule has 0 spiro atoms. The first-order valence-corrected chi connectivity index (χ1v) is 9.60. The molecule has 146 valence electrons. The molecular formula is C22H23ClN2O3. The molecule has 1 amide bonds. The minimum atomic E-state index is -0.417. The number of hydrogen-bond acceptors (Lipinski definition) is 3. The van der Waals surface area contributed by atoms with Crippen molar-refractivity contribution in [1.82, 2.24) is 4.57 Å². The monoisotopic (exact) mass is 398 g/mol. The largest absolute Gasteiger partial charge is 0.459 e.